The van der Waals surface area contributed by atoms with Crippen molar-refractivity contribution in [2.45, 2.75) is 64.9 Å². The van der Waals surface area contributed by atoms with E-state index in [0.717, 1.165) is 64.2 Å². The first kappa shape index (κ1) is 32.6. The predicted molar refractivity (Wildman–Crippen MR) is 166 cm³/mol. The van der Waals surface area contributed by atoms with Crippen LogP contribution in [0.5, 0.6) is 5.75 Å². The van der Waals surface area contributed by atoms with Gasteiger partial charge in [0, 0.05) is 30.6 Å². The SMILES string of the molecule is COC(=O)CCc1ccc(OC)c(-c2c(CN3C(=O)O[C@H](c4cc(C)cc(C(F)(F)F)c4)[C@@H]3C)nc(N3CCC3)c(Br)c2C)c1. The average molecular weight is 691 g/mol. The number of benzene rings is 2. The second kappa shape index (κ2) is 12.9. The highest BCUT2D eigenvalue weighted by Gasteiger charge is 2.42. The van der Waals surface area contributed by atoms with E-state index in [9.17, 15) is 22.8 Å². The molecule has 2 aromatic carbocycles. The fourth-order valence-electron chi connectivity index (χ4n) is 5.85. The molecule has 240 valence electrons. The Morgan fingerprint density at radius 3 is 2.49 bits per heavy atom. The van der Waals surface area contributed by atoms with Gasteiger partial charge >= 0.3 is 18.2 Å². The molecule has 2 aliphatic heterocycles. The van der Waals surface area contributed by atoms with Crippen molar-refractivity contribution in [1.82, 2.24) is 9.88 Å². The molecule has 0 bridgehead atoms. The summed E-state index contributed by atoms with van der Waals surface area (Å²) >= 11 is 3.76. The molecule has 0 unspecified atom stereocenters. The number of methoxy groups -OCH3 is 2. The summed E-state index contributed by atoms with van der Waals surface area (Å²) in [5, 5.41) is 0. The summed E-state index contributed by atoms with van der Waals surface area (Å²) in [5.74, 6) is 1.02. The number of nitrogens with zero attached hydrogens (tertiary/aromatic N) is 3. The van der Waals surface area contributed by atoms with Crippen LogP contribution in [0.15, 0.2) is 40.9 Å². The number of halogens is 4. The van der Waals surface area contributed by atoms with Gasteiger partial charge in [0.15, 0.2) is 0 Å². The van der Waals surface area contributed by atoms with Crippen LogP contribution in [0.4, 0.5) is 23.8 Å². The van der Waals surface area contributed by atoms with Gasteiger partial charge in [0.25, 0.3) is 0 Å². The normalized spacial score (nSPS) is 18.1. The molecule has 3 aromatic rings. The molecule has 2 saturated heterocycles. The van der Waals surface area contributed by atoms with Gasteiger partial charge in [-0.15, -0.1) is 0 Å². The van der Waals surface area contributed by atoms with E-state index >= 15 is 0 Å². The summed E-state index contributed by atoms with van der Waals surface area (Å²) in [4.78, 5) is 33.9. The Labute approximate surface area is 268 Å². The molecule has 8 nitrogen and oxygen atoms in total. The molecule has 0 N–H and O–H groups in total. The highest BCUT2D eigenvalue weighted by atomic mass is 79.9. The largest absolute Gasteiger partial charge is 0.496 e. The molecule has 0 aliphatic carbocycles. The smallest absolute Gasteiger partial charge is 0.416 e. The Morgan fingerprint density at radius 2 is 1.87 bits per heavy atom. The van der Waals surface area contributed by atoms with E-state index in [-0.39, 0.29) is 24.5 Å². The lowest BCUT2D eigenvalue weighted by Crippen LogP contribution is -2.38. The molecule has 1 amide bonds. The van der Waals surface area contributed by atoms with E-state index in [0.29, 0.717) is 23.4 Å². The number of alkyl halides is 3. The fourth-order valence-corrected chi connectivity index (χ4v) is 6.39. The van der Waals surface area contributed by atoms with E-state index < -0.39 is 30.0 Å². The van der Waals surface area contributed by atoms with Crippen LogP contribution in [-0.2, 0) is 33.4 Å². The molecule has 2 fully saturated rings. The summed E-state index contributed by atoms with van der Waals surface area (Å²) in [5.41, 5.74) is 3.77. The zero-order valence-corrected chi connectivity index (χ0v) is 27.3. The maximum Gasteiger partial charge on any atom is 0.416 e. The third-order valence-corrected chi connectivity index (χ3v) is 9.38. The molecule has 5 rings (SSSR count). The molecule has 1 aromatic heterocycles. The number of carbonyl (C=O) groups is 2. The van der Waals surface area contributed by atoms with Gasteiger partial charge in [-0.1, -0.05) is 17.7 Å². The average Bonchev–Trinajstić information content (AvgIpc) is 3.25. The van der Waals surface area contributed by atoms with Crippen LogP contribution in [-0.4, -0.2) is 55.3 Å². The highest BCUT2D eigenvalue weighted by molar-refractivity contribution is 9.10. The van der Waals surface area contributed by atoms with Gasteiger partial charge in [-0.25, -0.2) is 9.78 Å². The molecular formula is C33H35BrF3N3O5. The second-order valence-electron chi connectivity index (χ2n) is 11.5. The zero-order chi connectivity index (χ0) is 32.6. The van der Waals surface area contributed by atoms with E-state index in [1.54, 1.807) is 27.0 Å². The summed E-state index contributed by atoms with van der Waals surface area (Å²) in [6.07, 6.45) is -4.38. The van der Waals surface area contributed by atoms with E-state index in [1.165, 1.54) is 12.0 Å². The molecule has 0 saturated carbocycles. The second-order valence-corrected chi connectivity index (χ2v) is 12.2. The fraction of sp³-hybridized carbons (Fsp3) is 0.424. The van der Waals surface area contributed by atoms with E-state index in [1.807, 2.05) is 25.1 Å². The van der Waals surface area contributed by atoms with Gasteiger partial charge in [-0.3, -0.25) is 9.69 Å². The number of hydrogen-bond acceptors (Lipinski definition) is 7. The van der Waals surface area contributed by atoms with Crippen molar-refractivity contribution in [3.8, 4) is 16.9 Å². The lowest BCUT2D eigenvalue weighted by atomic mass is 9.94. The molecule has 12 heteroatoms. The van der Waals surface area contributed by atoms with Crippen molar-refractivity contribution < 1.29 is 37.0 Å². The molecule has 2 atom stereocenters. The highest BCUT2D eigenvalue weighted by Crippen LogP contribution is 2.44. The van der Waals surface area contributed by atoms with Gasteiger partial charge in [-0.05, 0) is 90.5 Å². The van der Waals surface area contributed by atoms with Crippen molar-refractivity contribution >= 4 is 33.8 Å². The van der Waals surface area contributed by atoms with Crippen LogP contribution in [0, 0.1) is 13.8 Å². The van der Waals surface area contributed by atoms with Gasteiger partial charge in [0.2, 0.25) is 0 Å². The van der Waals surface area contributed by atoms with Crippen LogP contribution in [0.25, 0.3) is 11.1 Å². The molecule has 2 aliphatic rings. The number of ether oxygens (including phenoxy) is 3. The Morgan fingerprint density at radius 1 is 1.13 bits per heavy atom. The van der Waals surface area contributed by atoms with Crippen LogP contribution in [0.2, 0.25) is 0 Å². The third kappa shape index (κ3) is 6.61. The first-order valence-electron chi connectivity index (χ1n) is 14.7. The molecule has 0 radical (unpaired) electrons. The third-order valence-electron chi connectivity index (χ3n) is 8.43. The van der Waals surface area contributed by atoms with Crippen molar-refractivity contribution in [1.29, 1.82) is 0 Å². The molecular weight excluding hydrogens is 655 g/mol. The lowest BCUT2D eigenvalue weighted by Gasteiger charge is -2.34. The van der Waals surface area contributed by atoms with Crippen molar-refractivity contribution in [3.05, 3.63) is 74.4 Å². The van der Waals surface area contributed by atoms with E-state index in [2.05, 4.69) is 20.8 Å². The number of anilines is 1. The van der Waals surface area contributed by atoms with Crippen LogP contribution in [0.3, 0.4) is 0 Å². The summed E-state index contributed by atoms with van der Waals surface area (Å²) in [6.45, 7) is 7.05. The molecule has 0 spiro atoms. The van der Waals surface area contributed by atoms with Crippen molar-refractivity contribution in [3.63, 3.8) is 0 Å². The summed E-state index contributed by atoms with van der Waals surface area (Å²) in [7, 11) is 2.92. The minimum Gasteiger partial charge on any atom is -0.496 e. The van der Waals surface area contributed by atoms with Crippen LogP contribution < -0.4 is 9.64 Å². The number of carbonyl (C=O) groups excluding carboxylic acids is 2. The van der Waals surface area contributed by atoms with Gasteiger partial charge in [0.05, 0.1) is 42.5 Å². The van der Waals surface area contributed by atoms with Gasteiger partial charge in [-0.2, -0.15) is 13.2 Å². The Kier molecular flexibility index (Phi) is 9.34. The lowest BCUT2D eigenvalue weighted by molar-refractivity contribution is -0.140. The van der Waals surface area contributed by atoms with Gasteiger partial charge in [0.1, 0.15) is 17.7 Å². The van der Waals surface area contributed by atoms with Crippen LogP contribution >= 0.6 is 15.9 Å². The number of amides is 1. The minimum atomic E-state index is -4.53. The van der Waals surface area contributed by atoms with Crippen LogP contribution in [0.1, 0.15) is 59.4 Å². The number of esters is 1. The summed E-state index contributed by atoms with van der Waals surface area (Å²) < 4.78 is 57.9. The maximum absolute atomic E-state index is 13.6. The number of aromatic nitrogens is 1. The van der Waals surface area contributed by atoms with Crippen molar-refractivity contribution in [2.75, 3.05) is 32.2 Å². The monoisotopic (exact) mass is 689 g/mol. The Balaban J connectivity index is 1.57. The topological polar surface area (TPSA) is 81.2 Å². The first-order valence-corrected chi connectivity index (χ1v) is 15.5. The maximum atomic E-state index is 13.6. The van der Waals surface area contributed by atoms with Gasteiger partial charge < -0.3 is 19.1 Å². The standard InChI is InChI=1S/C33H35BrF3N3O5/c1-18-13-22(16-23(14-18)33(35,36)37)30-20(3)40(32(42)45-30)17-25-28(19(2)29(34)31(38-25)39-11-6-12-39)24-15-21(7-9-26(24)43-4)8-10-27(41)44-5/h7,9,13-16,20,30H,6,8,10-12,17H2,1-5H3/t20-,30-/m0/s1. The number of aryl methyl sites for hydroxylation is 2. The Hall–Kier alpha value is -3.80. The number of hydrogen-bond donors (Lipinski definition) is 0. The molecule has 45 heavy (non-hydrogen) atoms. The van der Waals surface area contributed by atoms with E-state index in [4.69, 9.17) is 19.2 Å². The quantitative estimate of drug-likeness (QED) is 0.215. The zero-order valence-electron chi connectivity index (χ0n) is 25.8. The minimum absolute atomic E-state index is 0.0499. The summed E-state index contributed by atoms with van der Waals surface area (Å²) in [6, 6.07) is 8.83. The van der Waals surface area contributed by atoms with Crippen molar-refractivity contribution in [2.24, 2.45) is 0 Å². The number of pyridine rings is 1. The predicted octanol–water partition coefficient (Wildman–Crippen LogP) is 7.55. The molecule has 3 heterocycles. The Bertz CT molecular complexity index is 1630. The number of rotatable bonds is 9. The number of cyclic esters (lactones) is 1. The first-order chi connectivity index (χ1) is 21.3.